The SMILES string of the molecule is O=C(C1CC1)N1CCN(c2ccc3ncnc(OC4CCC4)c3c2)CC1. The van der Waals surface area contributed by atoms with Crippen LogP contribution in [0.5, 0.6) is 5.88 Å². The number of piperazine rings is 1. The van der Waals surface area contributed by atoms with Crippen molar-refractivity contribution < 1.29 is 9.53 Å². The van der Waals surface area contributed by atoms with Crippen LogP contribution in [0.4, 0.5) is 5.69 Å². The molecule has 1 aliphatic heterocycles. The first kappa shape index (κ1) is 15.9. The van der Waals surface area contributed by atoms with Crippen LogP contribution in [0.1, 0.15) is 32.1 Å². The summed E-state index contributed by atoms with van der Waals surface area (Å²) in [4.78, 5) is 25.4. The molecule has 1 saturated heterocycles. The van der Waals surface area contributed by atoms with Crippen LogP contribution in [0.3, 0.4) is 0 Å². The normalized spacial score (nSPS) is 20.9. The number of anilines is 1. The molecule has 136 valence electrons. The van der Waals surface area contributed by atoms with Crippen molar-refractivity contribution in [3.63, 3.8) is 0 Å². The minimum absolute atomic E-state index is 0.300. The van der Waals surface area contributed by atoms with E-state index >= 15 is 0 Å². The summed E-state index contributed by atoms with van der Waals surface area (Å²) in [6.07, 6.45) is 7.50. The zero-order valence-electron chi connectivity index (χ0n) is 14.9. The Labute approximate surface area is 153 Å². The van der Waals surface area contributed by atoms with E-state index in [2.05, 4.69) is 27.0 Å². The average Bonchev–Trinajstić information content (AvgIpc) is 3.49. The third kappa shape index (κ3) is 2.97. The van der Waals surface area contributed by atoms with E-state index in [4.69, 9.17) is 4.74 Å². The molecule has 5 rings (SSSR count). The number of amides is 1. The summed E-state index contributed by atoms with van der Waals surface area (Å²) < 4.78 is 6.07. The fourth-order valence-corrected chi connectivity index (χ4v) is 3.73. The predicted molar refractivity (Wildman–Crippen MR) is 99.3 cm³/mol. The Kier molecular flexibility index (Phi) is 3.91. The van der Waals surface area contributed by atoms with Crippen LogP contribution in [0, 0.1) is 5.92 Å². The van der Waals surface area contributed by atoms with Gasteiger partial charge in [-0.25, -0.2) is 9.97 Å². The molecule has 2 aromatic rings. The molecule has 2 heterocycles. The van der Waals surface area contributed by atoms with Crippen LogP contribution in [-0.2, 0) is 4.79 Å². The molecule has 2 aliphatic carbocycles. The van der Waals surface area contributed by atoms with Gasteiger partial charge in [0.25, 0.3) is 0 Å². The summed E-state index contributed by atoms with van der Waals surface area (Å²) in [7, 11) is 0. The summed E-state index contributed by atoms with van der Waals surface area (Å²) in [6, 6.07) is 6.30. The number of benzene rings is 1. The molecule has 0 radical (unpaired) electrons. The van der Waals surface area contributed by atoms with Crippen LogP contribution >= 0.6 is 0 Å². The molecule has 2 saturated carbocycles. The van der Waals surface area contributed by atoms with E-state index in [1.54, 1.807) is 6.33 Å². The van der Waals surface area contributed by atoms with Gasteiger partial charge in [-0.3, -0.25) is 4.79 Å². The summed E-state index contributed by atoms with van der Waals surface area (Å²) in [5.74, 6) is 1.36. The maximum Gasteiger partial charge on any atom is 0.225 e. The fourth-order valence-electron chi connectivity index (χ4n) is 3.73. The first-order valence-corrected chi connectivity index (χ1v) is 9.73. The highest BCUT2D eigenvalue weighted by Crippen LogP contribution is 2.33. The molecule has 1 amide bonds. The molecular formula is C20H24N4O2. The molecule has 0 spiro atoms. The van der Waals surface area contributed by atoms with E-state index in [9.17, 15) is 4.79 Å². The lowest BCUT2D eigenvalue weighted by Crippen LogP contribution is -2.49. The molecule has 3 aliphatic rings. The molecule has 0 N–H and O–H groups in total. The standard InChI is InChI=1S/C20H24N4O2/c25-20(14-4-5-14)24-10-8-23(9-11-24)15-6-7-18-17(12-15)19(22-13-21-18)26-16-2-1-3-16/h6-7,12-14,16H,1-5,8-11H2. The van der Waals surface area contributed by atoms with E-state index in [0.717, 1.165) is 68.5 Å². The third-order valence-electron chi connectivity index (χ3n) is 5.80. The molecule has 1 aromatic carbocycles. The molecule has 26 heavy (non-hydrogen) atoms. The molecule has 0 atom stereocenters. The Bertz CT molecular complexity index is 824. The second kappa shape index (κ2) is 6.41. The molecule has 6 nitrogen and oxygen atoms in total. The monoisotopic (exact) mass is 352 g/mol. The number of hydrogen-bond donors (Lipinski definition) is 0. The van der Waals surface area contributed by atoms with Crippen LogP contribution in [0.2, 0.25) is 0 Å². The largest absolute Gasteiger partial charge is 0.474 e. The first-order chi connectivity index (χ1) is 12.8. The molecule has 3 fully saturated rings. The summed E-state index contributed by atoms with van der Waals surface area (Å²) in [5, 5.41) is 0.980. The topological polar surface area (TPSA) is 58.6 Å². The van der Waals surface area contributed by atoms with E-state index in [1.165, 1.54) is 6.42 Å². The van der Waals surface area contributed by atoms with Gasteiger partial charge in [0.15, 0.2) is 0 Å². The Morgan fingerprint density at radius 2 is 1.85 bits per heavy atom. The van der Waals surface area contributed by atoms with Crippen LogP contribution in [0.25, 0.3) is 10.9 Å². The number of ether oxygens (including phenoxy) is 1. The summed E-state index contributed by atoms with van der Waals surface area (Å²) in [6.45, 7) is 3.36. The van der Waals surface area contributed by atoms with Crippen LogP contribution < -0.4 is 9.64 Å². The smallest absolute Gasteiger partial charge is 0.225 e. The van der Waals surface area contributed by atoms with Crippen molar-refractivity contribution in [3.8, 4) is 5.88 Å². The van der Waals surface area contributed by atoms with Crippen molar-refractivity contribution >= 4 is 22.5 Å². The van der Waals surface area contributed by atoms with E-state index in [-0.39, 0.29) is 0 Å². The Hall–Kier alpha value is -2.37. The second-order valence-corrected chi connectivity index (χ2v) is 7.64. The van der Waals surface area contributed by atoms with Gasteiger partial charge in [0.1, 0.15) is 12.4 Å². The maximum absolute atomic E-state index is 12.2. The van der Waals surface area contributed by atoms with Gasteiger partial charge < -0.3 is 14.5 Å². The lowest BCUT2D eigenvalue weighted by Gasteiger charge is -2.36. The van der Waals surface area contributed by atoms with Gasteiger partial charge in [-0.1, -0.05) is 0 Å². The highest BCUT2D eigenvalue weighted by Gasteiger charge is 2.34. The third-order valence-corrected chi connectivity index (χ3v) is 5.80. The number of hydrogen-bond acceptors (Lipinski definition) is 5. The summed E-state index contributed by atoms with van der Waals surface area (Å²) in [5.41, 5.74) is 2.07. The average molecular weight is 352 g/mol. The highest BCUT2D eigenvalue weighted by molar-refractivity contribution is 5.87. The van der Waals surface area contributed by atoms with Gasteiger partial charge in [-0.15, -0.1) is 0 Å². The van der Waals surface area contributed by atoms with Crippen LogP contribution in [0.15, 0.2) is 24.5 Å². The van der Waals surface area contributed by atoms with Gasteiger partial charge in [0, 0.05) is 37.8 Å². The van der Waals surface area contributed by atoms with Crippen molar-refractivity contribution in [2.24, 2.45) is 5.92 Å². The quantitative estimate of drug-likeness (QED) is 0.847. The molecule has 6 heteroatoms. The van der Waals surface area contributed by atoms with Crippen molar-refractivity contribution in [1.82, 2.24) is 14.9 Å². The van der Waals surface area contributed by atoms with E-state index in [0.29, 0.717) is 23.8 Å². The number of aromatic nitrogens is 2. The van der Waals surface area contributed by atoms with Gasteiger partial charge >= 0.3 is 0 Å². The minimum Gasteiger partial charge on any atom is -0.474 e. The molecule has 0 unspecified atom stereocenters. The molecular weight excluding hydrogens is 328 g/mol. The zero-order valence-corrected chi connectivity index (χ0v) is 14.9. The fraction of sp³-hybridized carbons (Fsp3) is 0.550. The number of carbonyl (C=O) groups excluding carboxylic acids is 1. The Morgan fingerprint density at radius 3 is 2.54 bits per heavy atom. The van der Waals surface area contributed by atoms with Gasteiger partial charge in [-0.2, -0.15) is 0 Å². The zero-order chi connectivity index (χ0) is 17.5. The Balaban J connectivity index is 1.34. The minimum atomic E-state index is 0.300. The van der Waals surface area contributed by atoms with Gasteiger partial charge in [-0.05, 0) is 50.3 Å². The van der Waals surface area contributed by atoms with Crippen molar-refractivity contribution in [2.75, 3.05) is 31.1 Å². The lowest BCUT2D eigenvalue weighted by molar-refractivity contribution is -0.132. The van der Waals surface area contributed by atoms with Gasteiger partial charge in [0.05, 0.1) is 10.9 Å². The van der Waals surface area contributed by atoms with Crippen molar-refractivity contribution in [1.29, 1.82) is 0 Å². The van der Waals surface area contributed by atoms with E-state index < -0.39 is 0 Å². The second-order valence-electron chi connectivity index (χ2n) is 7.64. The number of nitrogens with zero attached hydrogens (tertiary/aromatic N) is 4. The van der Waals surface area contributed by atoms with Crippen molar-refractivity contribution in [2.45, 2.75) is 38.2 Å². The maximum atomic E-state index is 12.2. The van der Waals surface area contributed by atoms with Crippen molar-refractivity contribution in [3.05, 3.63) is 24.5 Å². The van der Waals surface area contributed by atoms with Gasteiger partial charge in [0.2, 0.25) is 11.8 Å². The number of rotatable bonds is 4. The predicted octanol–water partition coefficient (Wildman–Crippen LogP) is 2.62. The van der Waals surface area contributed by atoms with E-state index in [1.807, 2.05) is 11.0 Å². The summed E-state index contributed by atoms with van der Waals surface area (Å²) >= 11 is 0. The molecule has 0 bridgehead atoms. The number of carbonyl (C=O) groups is 1. The first-order valence-electron chi connectivity index (χ1n) is 9.73. The highest BCUT2D eigenvalue weighted by atomic mass is 16.5. The lowest BCUT2D eigenvalue weighted by atomic mass is 9.96. The number of fused-ring (bicyclic) bond motifs is 1. The van der Waals surface area contributed by atoms with Crippen LogP contribution in [-0.4, -0.2) is 53.1 Å². The Morgan fingerprint density at radius 1 is 1.04 bits per heavy atom. The molecule has 1 aromatic heterocycles.